The van der Waals surface area contributed by atoms with Gasteiger partial charge in [-0.05, 0) is 449 Å². The van der Waals surface area contributed by atoms with Crippen LogP contribution in [0.5, 0.6) is 0 Å². The van der Waals surface area contributed by atoms with E-state index in [-0.39, 0.29) is 38.4 Å². The number of rotatable bonds is 25. The average Bonchev–Trinajstić information content (AvgIpc) is 1.59. The predicted octanol–water partition coefficient (Wildman–Crippen LogP) is 28.1. The quantitative estimate of drug-likeness (QED) is 0.0267. The Kier molecular flexibility index (Phi) is 28.7. The monoisotopic (exact) mass is 1920 g/mol. The minimum absolute atomic E-state index is 0.0225. The van der Waals surface area contributed by atoms with Gasteiger partial charge in [0, 0.05) is 84.6 Å². The maximum atomic E-state index is 12.3. The van der Waals surface area contributed by atoms with Crippen molar-refractivity contribution in [1.29, 1.82) is 0 Å². The van der Waals surface area contributed by atoms with Crippen molar-refractivity contribution in [2.24, 2.45) is 170 Å². The molecule has 0 radical (unpaired) electrons. The second-order valence-corrected chi connectivity index (χ2v) is 56.8. The maximum Gasteiger partial charge on any atom is 0.335 e. The van der Waals surface area contributed by atoms with Gasteiger partial charge in [-0.1, -0.05) is 202 Å². The average molecular weight is 1920 g/mol. The number of carboxylic acids is 3. The molecule has 0 saturated heterocycles. The Morgan fingerprint density at radius 3 is 0.914 bits per heavy atom. The van der Waals surface area contributed by atoms with Crippen LogP contribution < -0.4 is 16.0 Å². The zero-order valence-corrected chi connectivity index (χ0v) is 91.3. The van der Waals surface area contributed by atoms with Crippen LogP contribution in [0.4, 0.5) is 0 Å². The summed E-state index contributed by atoms with van der Waals surface area (Å²) >= 11 is 0. The predicted molar refractivity (Wildman–Crippen MR) is 575 cm³/mol. The number of carboxylic acid groups (broad SMARTS) is 3. The lowest BCUT2D eigenvalue weighted by Crippen LogP contribution is -2.65. The number of nitrogens with zero attached hydrogens (tertiary/aromatic N) is 1. The van der Waals surface area contributed by atoms with Crippen LogP contribution in [0.15, 0.2) is 127 Å². The first-order chi connectivity index (χ1) is 65.1. The van der Waals surface area contributed by atoms with E-state index >= 15 is 0 Å². The van der Waals surface area contributed by atoms with Crippen LogP contribution in [-0.4, -0.2) is 125 Å². The maximum absolute atomic E-state index is 12.3. The van der Waals surface area contributed by atoms with Crippen molar-refractivity contribution in [1.82, 2.24) is 20.9 Å². The largest absolute Gasteiger partial charge is 0.478 e. The number of allylic oxidation sites excluding steroid dienone is 9. The number of ketones is 1. The summed E-state index contributed by atoms with van der Waals surface area (Å²) in [4.78, 5) is 60.6. The third-order valence-electron chi connectivity index (χ3n) is 46.9. The summed E-state index contributed by atoms with van der Waals surface area (Å²) in [7, 11) is 1.72. The molecule has 0 aliphatic heterocycles. The van der Waals surface area contributed by atoms with Gasteiger partial charge in [0.05, 0.1) is 16.7 Å². The van der Waals surface area contributed by atoms with E-state index in [0.29, 0.717) is 179 Å². The molecular weight excluding hydrogens is 1730 g/mol. The molecule has 12 saturated carbocycles. The number of fused-ring (bicyclic) bond motifs is 21. The van der Waals surface area contributed by atoms with Gasteiger partial charge in [-0.3, -0.25) is 13.8 Å². The van der Waals surface area contributed by atoms with Gasteiger partial charge in [-0.2, -0.15) is 0 Å². The van der Waals surface area contributed by atoms with Gasteiger partial charge in [0.25, 0.3) is 0 Å². The molecule has 3 aromatic rings. The highest BCUT2D eigenvalue weighted by atomic mass is 32.2. The molecule has 0 spiro atoms. The molecule has 6 N–H and O–H groups in total. The van der Waals surface area contributed by atoms with Crippen LogP contribution in [0.25, 0.3) is 16.7 Å². The fraction of sp³-hybridized carbons (Fsp3) is 0.712. The molecule has 1 amide bonds. The van der Waals surface area contributed by atoms with Gasteiger partial charge in [0.15, 0.2) is 0 Å². The summed E-state index contributed by atoms with van der Waals surface area (Å²) in [6, 6.07) is 22.8. The van der Waals surface area contributed by atoms with Crippen molar-refractivity contribution in [3.63, 3.8) is 0 Å². The summed E-state index contributed by atoms with van der Waals surface area (Å²) in [6.45, 7) is 67.1. The number of Topliss-reactive ketones (excluding diaryl/α,β-unsaturated/α-hetero) is 1. The Bertz CT molecular complexity index is 5420. The highest BCUT2D eigenvalue weighted by Gasteiger charge is 2.75. The van der Waals surface area contributed by atoms with Crippen LogP contribution in [-0.2, 0) is 19.1 Å². The topological polar surface area (TPSA) is 202 Å². The van der Waals surface area contributed by atoms with Crippen molar-refractivity contribution in [3.05, 3.63) is 161 Å². The van der Waals surface area contributed by atoms with Crippen LogP contribution in [0, 0.1) is 170 Å². The van der Waals surface area contributed by atoms with E-state index in [1.807, 2.05) is 57.4 Å². The molecule has 3 aromatic carbocycles. The third kappa shape index (κ3) is 17.3. The number of nitrogens with one attached hydrogen (secondary N) is 3. The van der Waals surface area contributed by atoms with Crippen LogP contribution >= 0.6 is 0 Å². The number of amides is 1. The first-order valence-electron chi connectivity index (χ1n) is 55.3. The lowest BCUT2D eigenvalue weighted by Gasteiger charge is -2.72. The molecule has 14 heteroatoms. The lowest BCUT2D eigenvalue weighted by molar-refractivity contribution is -0.225. The molecule has 18 rings (SSSR count). The number of aromatic carboxylic acids is 3. The first-order valence-corrected chi connectivity index (χ1v) is 57.6. The van der Waals surface area contributed by atoms with Crippen molar-refractivity contribution >= 4 is 61.7 Å². The number of carbonyl (C=O) groups excluding carboxylic acids is 2. The molecule has 764 valence electrons. The summed E-state index contributed by atoms with van der Waals surface area (Å²) in [6.07, 6.45) is 45.7. The molecule has 1 unspecified atom stereocenters. The third-order valence-corrected chi connectivity index (χ3v) is 48.0. The van der Waals surface area contributed by atoms with Crippen molar-refractivity contribution < 1.29 is 43.5 Å². The molecular formula is C125H184N4O9S. The minimum atomic E-state index is -1.98. The number of hydrogen-bond acceptors (Lipinski definition) is 9. The summed E-state index contributed by atoms with van der Waals surface area (Å²) < 4.78 is 12.3. The van der Waals surface area contributed by atoms with Gasteiger partial charge in [-0.15, -0.1) is 0 Å². The SMILES string of the molecule is C=C(C)[C@@H]1CC[C@]2(CNCCC(=O)CC)CC[C@]3(C)[C@H](CC[C@@H]4[C@@]5(C)CC=C(c6ccc(C(=O)O)cc6)C(C)(C)[C@@H]5CC[C@]43C)[C@@H]12.C=C(C)[C@@H]1CC[C@]2(CNCCC(=O)N(C)C)CC[C@]3(C)[C@H](CC[C@@H]4[C@@]5(C)CC=C(c6ccc(C(=O)O)cc6)C(C)(C)[C@@H]5CC[C@]43C)[C@@H]12.C=C(C)[C@@H]1CC[C@]2(CNCCS(=C)(C)=O)CC[C@]3(C)[C@H](CC[C@@H]4[C@@]5(C)CC=C(c6ccc(C(=O)O)cc6)C(C)(C)[C@@H]5CC[C@]43C)[C@@H]12. The number of carbonyl (C=O) groups is 5. The van der Waals surface area contributed by atoms with E-state index in [1.165, 1.54) is 204 Å². The Morgan fingerprint density at radius 1 is 0.374 bits per heavy atom. The van der Waals surface area contributed by atoms with Crippen molar-refractivity contribution in [3.8, 4) is 0 Å². The summed E-state index contributed by atoms with van der Waals surface area (Å²) in [5, 5.41) is 39.8. The molecule has 13 nitrogen and oxygen atoms in total. The molecule has 0 heterocycles. The van der Waals surface area contributed by atoms with Crippen molar-refractivity contribution in [2.45, 2.75) is 324 Å². The molecule has 139 heavy (non-hydrogen) atoms. The standard InChI is InChI=1S/C42H62N2O3.C42H61NO3.C41H61NO3S/c1-27(2)30-16-22-42(26-43-25-19-35(45)44(8)9)24-23-40(6)32(36(30)42)14-15-34-39(5)20-17-31(28-10-12-29(13-11-28)37(46)47)38(3,4)33(39)18-21-41(34,40)7;1-9-30(44)19-25-43-26-42-22-16-31(27(2)3)36(42)33-14-15-35-39(6)20-17-32(28-10-12-29(13-11-28)37(45)46)38(4,5)34(39)18-21-41(35,8)40(33,7)23-24-42;1-27(2)30-16-21-41(26-42-24-25-46(8,9)45)23-22-39(6)32(35(30)41)14-15-34-38(5)19-17-31(28-10-12-29(13-11-28)36(43)44)37(3,4)33(38)18-20-40(34,39)7/h10-13,17,30,32-34,36,43H,1,14-16,18-26H2,2-9H3,(H,46,47);10-13,17,31,33-36,43H,2,9,14-16,18-26H2,1,3-8H3,(H,45,46);10-13,17,30,32-35,42H,1,8,14-16,18-26H2,2-7,9H3,(H,43,44)/t30-,32+,33-,34+,36+,39-,40+,41+,42+;31-,33+,34-,35+,36+,39-,40+,41+,42+;30-,32+,33-,34+,35+,38-,39+,40+,41+,46?/m000/s1. The summed E-state index contributed by atoms with van der Waals surface area (Å²) in [5.74, 6) is 12.4. The van der Waals surface area contributed by atoms with E-state index in [4.69, 9.17) is 0 Å². The van der Waals surface area contributed by atoms with E-state index in [9.17, 15) is 43.5 Å². The van der Waals surface area contributed by atoms with Gasteiger partial charge >= 0.3 is 17.9 Å². The molecule has 0 bridgehead atoms. The second kappa shape index (κ2) is 37.8. The highest BCUT2D eigenvalue weighted by Crippen LogP contribution is 2.83. The first kappa shape index (κ1) is 105. The zero-order chi connectivity index (χ0) is 101. The Morgan fingerprint density at radius 2 is 0.655 bits per heavy atom. The van der Waals surface area contributed by atoms with E-state index < -0.39 is 27.4 Å². The molecule has 12 fully saturated rings. The smallest absolute Gasteiger partial charge is 0.335 e. The Hall–Kier alpha value is -6.45. The van der Waals surface area contributed by atoms with Crippen LogP contribution in [0.3, 0.4) is 0 Å². The minimum Gasteiger partial charge on any atom is -0.478 e. The molecule has 0 aromatic heterocycles. The van der Waals surface area contributed by atoms with Gasteiger partial charge in [0.2, 0.25) is 5.91 Å². The van der Waals surface area contributed by atoms with E-state index in [0.717, 1.165) is 64.4 Å². The Balaban J connectivity index is 0.000000151. The normalized spacial score (nSPS) is 41.2. The highest BCUT2D eigenvalue weighted by molar-refractivity contribution is 7.99. The summed E-state index contributed by atoms with van der Waals surface area (Å²) in [5.41, 5.74) is 16.6. The van der Waals surface area contributed by atoms with Gasteiger partial charge in [-0.25, -0.2) is 14.4 Å². The van der Waals surface area contributed by atoms with E-state index in [1.54, 1.807) is 47.6 Å². The Labute approximate surface area is 841 Å². The second-order valence-electron chi connectivity index (χ2n) is 54.0. The molecule has 15 aliphatic rings. The van der Waals surface area contributed by atoms with Gasteiger partial charge < -0.3 is 36.2 Å². The van der Waals surface area contributed by atoms with Crippen LogP contribution in [0.1, 0.15) is 372 Å². The van der Waals surface area contributed by atoms with Crippen LogP contribution in [0.2, 0.25) is 0 Å². The van der Waals surface area contributed by atoms with E-state index in [2.05, 4.69) is 184 Å². The van der Waals surface area contributed by atoms with Gasteiger partial charge in [0.1, 0.15) is 5.78 Å². The number of hydrogen-bond donors (Lipinski definition) is 6. The molecule has 28 atom stereocenters. The molecule has 15 aliphatic carbocycles. The zero-order valence-electron chi connectivity index (χ0n) is 90.5. The number of benzene rings is 3. The fourth-order valence-corrected chi connectivity index (χ4v) is 40.1. The van der Waals surface area contributed by atoms with Crippen molar-refractivity contribution in [2.75, 3.05) is 65.4 Å². The lowest BCUT2D eigenvalue weighted by atomic mass is 9.32. The fourth-order valence-electron chi connectivity index (χ4n) is 39.6.